The number of likely N-dealkylation sites (tertiary alicyclic amines) is 1. The van der Waals surface area contributed by atoms with E-state index in [4.69, 9.17) is 4.42 Å². The number of hydrogen-bond donors (Lipinski definition) is 0. The summed E-state index contributed by atoms with van der Waals surface area (Å²) >= 11 is 0. The van der Waals surface area contributed by atoms with Crippen LogP contribution >= 0.6 is 0 Å². The standard InChI is InChI=1S/C16H15NO4/c1-10-2-3-11-9-14(21-16(20)13(11)8-10)15(19)17-6-4-12(18)5-7-17/h2-3,8-9H,4-7H2,1H3. The molecule has 21 heavy (non-hydrogen) atoms. The lowest BCUT2D eigenvalue weighted by molar-refractivity contribution is -0.120. The molecule has 5 nitrogen and oxygen atoms in total. The van der Waals surface area contributed by atoms with Crippen molar-refractivity contribution in [2.45, 2.75) is 19.8 Å². The Morgan fingerprint density at radius 1 is 1.14 bits per heavy atom. The number of benzene rings is 1. The fraction of sp³-hybridized carbons (Fsp3) is 0.312. The summed E-state index contributed by atoms with van der Waals surface area (Å²) in [5, 5.41) is 1.16. The summed E-state index contributed by atoms with van der Waals surface area (Å²) in [7, 11) is 0. The van der Waals surface area contributed by atoms with Gasteiger partial charge in [0, 0.05) is 25.9 Å². The summed E-state index contributed by atoms with van der Waals surface area (Å²) in [6.07, 6.45) is 0.728. The van der Waals surface area contributed by atoms with Gasteiger partial charge in [-0.15, -0.1) is 0 Å². The van der Waals surface area contributed by atoms with Crippen LogP contribution in [-0.4, -0.2) is 29.7 Å². The van der Waals surface area contributed by atoms with Crippen LogP contribution in [0.25, 0.3) is 10.8 Å². The van der Waals surface area contributed by atoms with Gasteiger partial charge in [-0.3, -0.25) is 9.59 Å². The summed E-state index contributed by atoms with van der Waals surface area (Å²) in [6, 6.07) is 7.03. The number of amides is 1. The van der Waals surface area contributed by atoms with Crippen molar-refractivity contribution < 1.29 is 14.0 Å². The maximum atomic E-state index is 12.4. The zero-order chi connectivity index (χ0) is 15.0. The normalized spacial score (nSPS) is 15.5. The van der Waals surface area contributed by atoms with Crippen molar-refractivity contribution in [2.24, 2.45) is 0 Å². The highest BCUT2D eigenvalue weighted by molar-refractivity contribution is 5.96. The molecule has 0 spiro atoms. The largest absolute Gasteiger partial charge is 0.417 e. The molecule has 0 atom stereocenters. The Morgan fingerprint density at radius 3 is 2.57 bits per heavy atom. The summed E-state index contributed by atoms with van der Waals surface area (Å²) in [6.45, 7) is 2.66. The molecule has 0 bridgehead atoms. The molecule has 0 N–H and O–H groups in total. The lowest BCUT2D eigenvalue weighted by Gasteiger charge is -2.25. The maximum Gasteiger partial charge on any atom is 0.344 e. The van der Waals surface area contributed by atoms with Crippen molar-refractivity contribution in [3.8, 4) is 0 Å². The molecular weight excluding hydrogens is 270 g/mol. The number of rotatable bonds is 1. The van der Waals surface area contributed by atoms with E-state index in [0.717, 1.165) is 5.56 Å². The van der Waals surface area contributed by atoms with Crippen molar-refractivity contribution in [3.05, 3.63) is 46.0 Å². The maximum absolute atomic E-state index is 12.4. The number of carbonyl (C=O) groups excluding carboxylic acids is 2. The third-order valence-corrected chi connectivity index (χ3v) is 3.74. The van der Waals surface area contributed by atoms with Crippen LogP contribution in [0.2, 0.25) is 0 Å². The van der Waals surface area contributed by atoms with E-state index in [2.05, 4.69) is 0 Å². The van der Waals surface area contributed by atoms with Crippen LogP contribution in [0.1, 0.15) is 29.0 Å². The third kappa shape index (κ3) is 2.59. The molecule has 1 aliphatic heterocycles. The number of ketones is 1. The molecule has 3 rings (SSSR count). The molecular formula is C16H15NO4. The fourth-order valence-electron chi connectivity index (χ4n) is 2.52. The highest BCUT2D eigenvalue weighted by Gasteiger charge is 2.24. The van der Waals surface area contributed by atoms with Gasteiger partial charge in [0.2, 0.25) is 0 Å². The van der Waals surface area contributed by atoms with E-state index in [0.29, 0.717) is 36.7 Å². The quantitative estimate of drug-likeness (QED) is 0.802. The smallest absolute Gasteiger partial charge is 0.344 e. The Hall–Kier alpha value is -2.43. The van der Waals surface area contributed by atoms with Gasteiger partial charge >= 0.3 is 5.63 Å². The highest BCUT2D eigenvalue weighted by Crippen LogP contribution is 2.16. The van der Waals surface area contributed by atoms with Crippen LogP contribution in [-0.2, 0) is 4.79 Å². The molecule has 0 unspecified atom stereocenters. The van der Waals surface area contributed by atoms with Gasteiger partial charge in [0.25, 0.3) is 5.91 Å². The van der Waals surface area contributed by atoms with Crippen molar-refractivity contribution >= 4 is 22.5 Å². The van der Waals surface area contributed by atoms with E-state index in [-0.39, 0.29) is 17.5 Å². The van der Waals surface area contributed by atoms with Crippen LogP contribution in [0, 0.1) is 6.92 Å². The molecule has 0 radical (unpaired) electrons. The Labute approximate surface area is 121 Å². The van der Waals surface area contributed by atoms with Gasteiger partial charge < -0.3 is 9.32 Å². The number of fused-ring (bicyclic) bond motifs is 1. The first-order valence-corrected chi connectivity index (χ1v) is 6.90. The van der Waals surface area contributed by atoms with Gasteiger partial charge in [-0.25, -0.2) is 4.79 Å². The minimum Gasteiger partial charge on any atom is -0.417 e. The number of Topliss-reactive ketones (excluding diaryl/α,β-unsaturated/α-hetero) is 1. The Balaban J connectivity index is 1.97. The number of aryl methyl sites for hydroxylation is 1. The Kier molecular flexibility index (Phi) is 3.33. The van der Waals surface area contributed by atoms with Crippen molar-refractivity contribution in [1.82, 2.24) is 4.90 Å². The van der Waals surface area contributed by atoms with Gasteiger partial charge in [0.1, 0.15) is 5.78 Å². The summed E-state index contributed by atoms with van der Waals surface area (Å²) in [5.74, 6) is -0.137. The minimum atomic E-state index is -0.507. The zero-order valence-electron chi connectivity index (χ0n) is 11.7. The Bertz CT molecular complexity index is 780. The van der Waals surface area contributed by atoms with E-state index in [1.807, 2.05) is 13.0 Å². The number of hydrogen-bond acceptors (Lipinski definition) is 4. The number of nitrogens with zero attached hydrogens (tertiary/aromatic N) is 1. The number of carbonyl (C=O) groups is 2. The van der Waals surface area contributed by atoms with E-state index in [9.17, 15) is 14.4 Å². The van der Waals surface area contributed by atoms with Gasteiger partial charge in [-0.2, -0.15) is 0 Å². The van der Waals surface area contributed by atoms with E-state index in [1.165, 1.54) is 0 Å². The molecule has 2 heterocycles. The van der Waals surface area contributed by atoms with Crippen molar-refractivity contribution in [3.63, 3.8) is 0 Å². The zero-order valence-corrected chi connectivity index (χ0v) is 11.7. The second kappa shape index (κ2) is 5.16. The molecule has 2 aromatic rings. The average Bonchev–Trinajstić information content (AvgIpc) is 2.48. The second-order valence-electron chi connectivity index (χ2n) is 5.32. The molecule has 1 fully saturated rings. The monoisotopic (exact) mass is 285 g/mol. The summed E-state index contributed by atoms with van der Waals surface area (Å²) in [4.78, 5) is 37.1. The van der Waals surface area contributed by atoms with Gasteiger partial charge in [-0.05, 0) is 24.4 Å². The second-order valence-corrected chi connectivity index (χ2v) is 5.32. The average molecular weight is 285 g/mol. The SMILES string of the molecule is Cc1ccc2cc(C(=O)N3CCC(=O)CC3)oc(=O)c2c1. The number of piperidine rings is 1. The van der Waals surface area contributed by atoms with E-state index >= 15 is 0 Å². The van der Waals surface area contributed by atoms with Crippen LogP contribution in [0.5, 0.6) is 0 Å². The van der Waals surface area contributed by atoms with Gasteiger partial charge in [0.15, 0.2) is 5.76 Å². The lowest BCUT2D eigenvalue weighted by Crippen LogP contribution is -2.38. The van der Waals surface area contributed by atoms with E-state index in [1.54, 1.807) is 23.1 Å². The van der Waals surface area contributed by atoms with Crippen LogP contribution in [0.3, 0.4) is 0 Å². The van der Waals surface area contributed by atoms with Crippen LogP contribution in [0.15, 0.2) is 33.5 Å². The predicted molar refractivity (Wildman–Crippen MR) is 77.4 cm³/mol. The molecule has 1 aromatic heterocycles. The van der Waals surface area contributed by atoms with Crippen LogP contribution in [0.4, 0.5) is 0 Å². The van der Waals surface area contributed by atoms with E-state index < -0.39 is 5.63 Å². The molecule has 1 amide bonds. The topological polar surface area (TPSA) is 67.6 Å². The van der Waals surface area contributed by atoms with Crippen molar-refractivity contribution in [2.75, 3.05) is 13.1 Å². The molecule has 108 valence electrons. The molecule has 0 aliphatic carbocycles. The van der Waals surface area contributed by atoms with Crippen LogP contribution < -0.4 is 5.63 Å². The first-order valence-electron chi connectivity index (χ1n) is 6.90. The first-order chi connectivity index (χ1) is 10.0. The van der Waals surface area contributed by atoms with Crippen molar-refractivity contribution in [1.29, 1.82) is 0 Å². The fourth-order valence-corrected chi connectivity index (χ4v) is 2.52. The lowest BCUT2D eigenvalue weighted by atomic mass is 10.1. The molecule has 1 aromatic carbocycles. The molecule has 0 saturated carbocycles. The van der Waals surface area contributed by atoms with Gasteiger partial charge in [-0.1, -0.05) is 17.7 Å². The summed E-state index contributed by atoms with van der Waals surface area (Å²) < 4.78 is 5.16. The minimum absolute atomic E-state index is 0.0331. The highest BCUT2D eigenvalue weighted by atomic mass is 16.4. The predicted octanol–water partition coefficient (Wildman–Crippen LogP) is 1.91. The summed E-state index contributed by atoms with van der Waals surface area (Å²) in [5.41, 5.74) is 0.455. The first kappa shape index (κ1) is 13.5. The van der Waals surface area contributed by atoms with Gasteiger partial charge in [0.05, 0.1) is 5.39 Å². The molecule has 5 heteroatoms. The third-order valence-electron chi connectivity index (χ3n) is 3.74. The molecule has 1 aliphatic rings. The molecule has 1 saturated heterocycles. The Morgan fingerprint density at radius 2 is 1.86 bits per heavy atom.